The number of ether oxygens (including phenoxy) is 1. The topological polar surface area (TPSA) is 63.7 Å². The Kier molecular flexibility index (Phi) is 5.47. The second-order valence-corrected chi connectivity index (χ2v) is 6.70. The number of halogens is 1. The number of anilines is 1. The monoisotopic (exact) mass is 341 g/mol. The summed E-state index contributed by atoms with van der Waals surface area (Å²) < 4.78 is 4.68. The Balaban J connectivity index is 2.17. The van der Waals surface area contributed by atoms with E-state index in [-0.39, 0.29) is 16.9 Å². The molecule has 1 atom stereocenters. The summed E-state index contributed by atoms with van der Waals surface area (Å²) in [7, 11) is 1.29. The maximum atomic E-state index is 12.2. The Hall–Kier alpha value is -1.53. The molecular weight excluding hydrogens is 326 g/mol. The summed E-state index contributed by atoms with van der Waals surface area (Å²) in [5.41, 5.74) is 0.882. The highest BCUT2D eigenvalue weighted by Gasteiger charge is 2.31. The molecule has 0 bridgehead atoms. The zero-order chi connectivity index (χ0) is 16.3. The number of hydrogen-bond donors (Lipinski definition) is 0. The van der Waals surface area contributed by atoms with E-state index < -0.39 is 5.97 Å². The summed E-state index contributed by atoms with van der Waals surface area (Å²) in [5, 5.41) is 0.411. The van der Waals surface area contributed by atoms with Gasteiger partial charge in [0.2, 0.25) is 5.91 Å². The largest absolute Gasteiger partial charge is 0.465 e. The van der Waals surface area contributed by atoms with E-state index in [4.69, 9.17) is 11.6 Å². The standard InChI is InChI=1S/C15H16ClNO4S/c1-9(18)22-8-10-3-14(19)17(7-10)13-5-11(15(20)21-2)4-12(16)6-13/h4-6,10H,3,7-8H2,1-2H3. The second kappa shape index (κ2) is 7.15. The highest BCUT2D eigenvalue weighted by atomic mass is 35.5. The minimum atomic E-state index is -0.501. The molecule has 0 radical (unpaired) electrons. The Labute approximate surface area is 137 Å². The van der Waals surface area contributed by atoms with Crippen molar-refractivity contribution in [2.24, 2.45) is 5.92 Å². The molecule has 1 fully saturated rings. The first-order valence-electron chi connectivity index (χ1n) is 6.73. The van der Waals surface area contributed by atoms with Gasteiger partial charge in [0.05, 0.1) is 12.7 Å². The molecule has 22 heavy (non-hydrogen) atoms. The number of nitrogens with zero attached hydrogens (tertiary/aromatic N) is 1. The van der Waals surface area contributed by atoms with Crippen molar-refractivity contribution < 1.29 is 19.1 Å². The number of rotatable bonds is 4. The number of benzene rings is 1. The minimum Gasteiger partial charge on any atom is -0.465 e. The zero-order valence-corrected chi connectivity index (χ0v) is 13.9. The molecule has 1 saturated heterocycles. The van der Waals surface area contributed by atoms with Crippen molar-refractivity contribution in [2.75, 3.05) is 24.3 Å². The van der Waals surface area contributed by atoms with E-state index in [1.165, 1.54) is 31.9 Å². The normalized spacial score (nSPS) is 17.7. The molecule has 1 aliphatic rings. The third-order valence-electron chi connectivity index (χ3n) is 3.34. The van der Waals surface area contributed by atoms with Crippen LogP contribution in [-0.4, -0.2) is 36.4 Å². The van der Waals surface area contributed by atoms with Crippen LogP contribution in [0.15, 0.2) is 18.2 Å². The van der Waals surface area contributed by atoms with Gasteiger partial charge in [-0.05, 0) is 24.1 Å². The van der Waals surface area contributed by atoms with E-state index in [0.717, 1.165) is 0 Å². The van der Waals surface area contributed by atoms with Gasteiger partial charge in [-0.25, -0.2) is 4.79 Å². The van der Waals surface area contributed by atoms with Crippen molar-refractivity contribution in [1.82, 2.24) is 0 Å². The number of amides is 1. The second-order valence-electron chi connectivity index (χ2n) is 5.07. The van der Waals surface area contributed by atoms with Gasteiger partial charge in [0.25, 0.3) is 0 Å². The summed E-state index contributed by atoms with van der Waals surface area (Å²) in [4.78, 5) is 36.4. The molecule has 1 unspecified atom stereocenters. The van der Waals surface area contributed by atoms with E-state index >= 15 is 0 Å². The first-order valence-corrected chi connectivity index (χ1v) is 8.09. The number of hydrogen-bond acceptors (Lipinski definition) is 5. The predicted octanol–water partition coefficient (Wildman–Crippen LogP) is 2.76. The maximum absolute atomic E-state index is 12.2. The minimum absolute atomic E-state index is 0.0350. The average Bonchev–Trinajstić information content (AvgIpc) is 2.84. The lowest BCUT2D eigenvalue weighted by Crippen LogP contribution is -2.25. The Morgan fingerprint density at radius 2 is 2.14 bits per heavy atom. The lowest BCUT2D eigenvalue weighted by Gasteiger charge is -2.18. The van der Waals surface area contributed by atoms with Gasteiger partial charge < -0.3 is 9.64 Å². The SMILES string of the molecule is COC(=O)c1cc(Cl)cc(N2CC(CSC(C)=O)CC2=O)c1. The molecule has 118 valence electrons. The van der Waals surface area contributed by atoms with Crippen LogP contribution in [-0.2, 0) is 14.3 Å². The van der Waals surface area contributed by atoms with Crippen molar-refractivity contribution in [1.29, 1.82) is 0 Å². The molecule has 1 aromatic rings. The Morgan fingerprint density at radius 3 is 2.77 bits per heavy atom. The summed E-state index contributed by atoms with van der Waals surface area (Å²) in [5.74, 6) is 0.190. The number of carbonyl (C=O) groups is 3. The van der Waals surface area contributed by atoms with Crippen molar-refractivity contribution in [3.8, 4) is 0 Å². The van der Waals surface area contributed by atoms with E-state index in [1.54, 1.807) is 17.0 Å². The van der Waals surface area contributed by atoms with E-state index in [1.807, 2.05) is 0 Å². The van der Waals surface area contributed by atoms with Gasteiger partial charge in [-0.2, -0.15) is 0 Å². The van der Waals surface area contributed by atoms with Crippen molar-refractivity contribution in [2.45, 2.75) is 13.3 Å². The lowest BCUT2D eigenvalue weighted by molar-refractivity contribution is -0.117. The number of esters is 1. The summed E-state index contributed by atoms with van der Waals surface area (Å²) in [6.07, 6.45) is 0.389. The van der Waals surface area contributed by atoms with Gasteiger partial charge >= 0.3 is 5.97 Å². The molecule has 1 heterocycles. The first-order chi connectivity index (χ1) is 10.4. The van der Waals surface area contributed by atoms with Crippen molar-refractivity contribution >= 4 is 46.0 Å². The molecule has 0 aromatic heterocycles. The van der Waals surface area contributed by atoms with Crippen LogP contribution in [0.3, 0.4) is 0 Å². The number of methoxy groups -OCH3 is 1. The lowest BCUT2D eigenvalue weighted by atomic mass is 10.1. The van der Waals surface area contributed by atoms with Gasteiger partial charge in [-0.15, -0.1) is 0 Å². The van der Waals surface area contributed by atoms with Gasteiger partial charge in [-0.1, -0.05) is 23.4 Å². The zero-order valence-electron chi connectivity index (χ0n) is 12.3. The van der Waals surface area contributed by atoms with Crippen LogP contribution in [0.4, 0.5) is 5.69 Å². The molecule has 7 heteroatoms. The van der Waals surface area contributed by atoms with E-state index in [2.05, 4.69) is 4.74 Å². The highest BCUT2D eigenvalue weighted by molar-refractivity contribution is 8.13. The summed E-state index contributed by atoms with van der Waals surface area (Å²) in [6.45, 7) is 2.03. The van der Waals surface area contributed by atoms with Crippen LogP contribution in [0, 0.1) is 5.92 Å². The predicted molar refractivity (Wildman–Crippen MR) is 86.4 cm³/mol. The fourth-order valence-corrected chi connectivity index (χ4v) is 3.27. The number of carbonyl (C=O) groups excluding carboxylic acids is 3. The molecule has 0 N–H and O–H groups in total. The van der Waals surface area contributed by atoms with Crippen LogP contribution in [0.2, 0.25) is 5.02 Å². The van der Waals surface area contributed by atoms with Gasteiger partial charge in [0, 0.05) is 36.4 Å². The van der Waals surface area contributed by atoms with Crippen LogP contribution in [0.25, 0.3) is 0 Å². The molecule has 1 amide bonds. The summed E-state index contributed by atoms with van der Waals surface area (Å²) >= 11 is 7.25. The van der Waals surface area contributed by atoms with Gasteiger partial charge in [0.1, 0.15) is 0 Å². The average molecular weight is 342 g/mol. The summed E-state index contributed by atoms with van der Waals surface area (Å²) in [6, 6.07) is 4.74. The molecule has 2 rings (SSSR count). The maximum Gasteiger partial charge on any atom is 0.337 e. The van der Waals surface area contributed by atoms with Crippen LogP contribution in [0.5, 0.6) is 0 Å². The molecule has 1 aliphatic heterocycles. The van der Waals surface area contributed by atoms with Crippen molar-refractivity contribution in [3.63, 3.8) is 0 Å². The highest BCUT2D eigenvalue weighted by Crippen LogP contribution is 2.30. The van der Waals surface area contributed by atoms with Crippen LogP contribution in [0.1, 0.15) is 23.7 Å². The van der Waals surface area contributed by atoms with Crippen LogP contribution >= 0.6 is 23.4 Å². The van der Waals surface area contributed by atoms with E-state index in [0.29, 0.717) is 35.0 Å². The Bertz CT molecular complexity index is 620. The van der Waals surface area contributed by atoms with Gasteiger partial charge in [-0.3, -0.25) is 9.59 Å². The molecule has 5 nitrogen and oxygen atoms in total. The number of thioether (sulfide) groups is 1. The Morgan fingerprint density at radius 1 is 1.41 bits per heavy atom. The molecule has 0 saturated carbocycles. The first kappa shape index (κ1) is 16.8. The fraction of sp³-hybridized carbons (Fsp3) is 0.400. The molecule has 1 aromatic carbocycles. The third kappa shape index (κ3) is 4.01. The third-order valence-corrected chi connectivity index (χ3v) is 4.61. The molecule has 0 aliphatic carbocycles. The van der Waals surface area contributed by atoms with Gasteiger partial charge in [0.15, 0.2) is 5.12 Å². The molecular formula is C15H16ClNO4S. The fourth-order valence-electron chi connectivity index (χ4n) is 2.34. The van der Waals surface area contributed by atoms with E-state index in [9.17, 15) is 14.4 Å². The molecule has 0 spiro atoms. The van der Waals surface area contributed by atoms with Crippen LogP contribution < -0.4 is 4.90 Å². The smallest absolute Gasteiger partial charge is 0.337 e. The quantitative estimate of drug-likeness (QED) is 0.788. The van der Waals surface area contributed by atoms with Crippen molar-refractivity contribution in [3.05, 3.63) is 28.8 Å².